The van der Waals surface area contributed by atoms with Gasteiger partial charge in [0, 0.05) is 0 Å². The van der Waals surface area contributed by atoms with Crippen LogP contribution < -0.4 is 10.6 Å². The number of benzene rings is 1. The maximum atomic E-state index is 12.9. The number of nitrogens with one attached hydrogen (secondary N) is 2. The van der Waals surface area contributed by atoms with Crippen LogP contribution in [0, 0.1) is 19.8 Å². The Morgan fingerprint density at radius 2 is 1.92 bits per heavy atom. The van der Waals surface area contributed by atoms with Crippen LogP contribution in [-0.4, -0.2) is 34.0 Å². The Kier molecular flexibility index (Phi) is 5.71. The van der Waals surface area contributed by atoms with Gasteiger partial charge in [-0.1, -0.05) is 43.3 Å². The van der Waals surface area contributed by atoms with E-state index in [0.29, 0.717) is 11.7 Å². The molecule has 0 radical (unpaired) electrons. The standard InChI is InChI=1S/C20H29N5O/c1-13(2)18(17-8-6-5-7-14(17)3)22-20(26)19-15(4)25(24-23-19)16-9-11-21-12-10-16/h5-8,13,16,18,21H,9-12H2,1-4H3,(H,22,26). The van der Waals surface area contributed by atoms with E-state index < -0.39 is 0 Å². The molecule has 3 rings (SSSR count). The minimum absolute atomic E-state index is 0.0490. The van der Waals surface area contributed by atoms with E-state index in [1.165, 1.54) is 5.56 Å². The van der Waals surface area contributed by atoms with Gasteiger partial charge in [-0.15, -0.1) is 5.10 Å². The Morgan fingerprint density at radius 1 is 1.23 bits per heavy atom. The summed E-state index contributed by atoms with van der Waals surface area (Å²) in [6.07, 6.45) is 2.03. The molecule has 1 amide bonds. The molecule has 1 aliphatic heterocycles. The Labute approximate surface area is 155 Å². The van der Waals surface area contributed by atoms with Crippen LogP contribution in [0.15, 0.2) is 24.3 Å². The second kappa shape index (κ2) is 7.99. The normalized spacial score (nSPS) is 16.7. The van der Waals surface area contributed by atoms with Crippen molar-refractivity contribution >= 4 is 5.91 Å². The minimum atomic E-state index is -0.148. The van der Waals surface area contributed by atoms with E-state index in [2.05, 4.69) is 53.8 Å². The zero-order valence-corrected chi connectivity index (χ0v) is 16.1. The van der Waals surface area contributed by atoms with E-state index in [1.807, 2.05) is 23.7 Å². The molecule has 2 aromatic rings. The quantitative estimate of drug-likeness (QED) is 0.865. The largest absolute Gasteiger partial charge is 0.344 e. The van der Waals surface area contributed by atoms with Gasteiger partial charge in [0.1, 0.15) is 0 Å². The van der Waals surface area contributed by atoms with E-state index in [4.69, 9.17) is 0 Å². The number of carbonyl (C=O) groups excluding carboxylic acids is 1. The van der Waals surface area contributed by atoms with E-state index in [-0.39, 0.29) is 17.9 Å². The van der Waals surface area contributed by atoms with Crippen LogP contribution in [0.3, 0.4) is 0 Å². The molecule has 26 heavy (non-hydrogen) atoms. The van der Waals surface area contributed by atoms with Crippen LogP contribution in [0.2, 0.25) is 0 Å². The number of hydrogen-bond donors (Lipinski definition) is 2. The molecule has 6 heteroatoms. The molecule has 1 atom stereocenters. The number of aromatic nitrogens is 3. The number of nitrogens with zero attached hydrogens (tertiary/aromatic N) is 3. The van der Waals surface area contributed by atoms with E-state index >= 15 is 0 Å². The van der Waals surface area contributed by atoms with Gasteiger partial charge in [-0.2, -0.15) is 0 Å². The molecular formula is C20H29N5O. The Bertz CT molecular complexity index is 761. The molecule has 1 aromatic heterocycles. The minimum Gasteiger partial charge on any atom is -0.344 e. The summed E-state index contributed by atoms with van der Waals surface area (Å²) < 4.78 is 1.92. The van der Waals surface area contributed by atoms with Gasteiger partial charge >= 0.3 is 0 Å². The van der Waals surface area contributed by atoms with Gasteiger partial charge in [-0.3, -0.25) is 4.79 Å². The van der Waals surface area contributed by atoms with Crippen molar-refractivity contribution in [1.29, 1.82) is 0 Å². The monoisotopic (exact) mass is 355 g/mol. The van der Waals surface area contributed by atoms with E-state index in [0.717, 1.165) is 37.2 Å². The van der Waals surface area contributed by atoms with Crippen molar-refractivity contribution in [3.05, 3.63) is 46.8 Å². The van der Waals surface area contributed by atoms with Crippen molar-refractivity contribution < 1.29 is 4.79 Å². The van der Waals surface area contributed by atoms with Gasteiger partial charge in [-0.05, 0) is 56.8 Å². The third-order valence-electron chi connectivity index (χ3n) is 5.27. The zero-order valence-electron chi connectivity index (χ0n) is 16.1. The van der Waals surface area contributed by atoms with Gasteiger partial charge < -0.3 is 10.6 Å². The maximum Gasteiger partial charge on any atom is 0.274 e. The molecule has 1 saturated heterocycles. The zero-order chi connectivity index (χ0) is 18.7. The average Bonchev–Trinajstić information content (AvgIpc) is 3.02. The summed E-state index contributed by atoms with van der Waals surface area (Å²) in [4.78, 5) is 12.9. The molecule has 1 unspecified atom stereocenters. The Morgan fingerprint density at radius 3 is 2.58 bits per heavy atom. The number of hydrogen-bond acceptors (Lipinski definition) is 4. The fourth-order valence-corrected chi connectivity index (χ4v) is 3.70. The summed E-state index contributed by atoms with van der Waals surface area (Å²) in [6, 6.07) is 8.47. The topological polar surface area (TPSA) is 71.8 Å². The van der Waals surface area contributed by atoms with Crippen LogP contribution in [0.1, 0.15) is 66.1 Å². The molecule has 2 heterocycles. The average molecular weight is 355 g/mol. The van der Waals surface area contributed by atoms with E-state index in [1.54, 1.807) is 0 Å². The van der Waals surface area contributed by atoms with Crippen molar-refractivity contribution in [2.24, 2.45) is 5.92 Å². The summed E-state index contributed by atoms with van der Waals surface area (Å²) in [5.74, 6) is 0.129. The van der Waals surface area contributed by atoms with Gasteiger partial charge in [0.25, 0.3) is 5.91 Å². The second-order valence-electron chi connectivity index (χ2n) is 7.50. The lowest BCUT2D eigenvalue weighted by Gasteiger charge is -2.25. The molecule has 140 valence electrons. The van der Waals surface area contributed by atoms with Crippen LogP contribution >= 0.6 is 0 Å². The second-order valence-corrected chi connectivity index (χ2v) is 7.50. The predicted molar refractivity (Wildman–Crippen MR) is 102 cm³/mol. The fourth-order valence-electron chi connectivity index (χ4n) is 3.70. The smallest absolute Gasteiger partial charge is 0.274 e. The van der Waals surface area contributed by atoms with Crippen LogP contribution in [0.25, 0.3) is 0 Å². The highest BCUT2D eigenvalue weighted by atomic mass is 16.2. The number of aryl methyl sites for hydroxylation is 1. The van der Waals surface area contributed by atoms with Gasteiger partial charge in [0.15, 0.2) is 5.69 Å². The summed E-state index contributed by atoms with van der Waals surface area (Å²) in [5, 5.41) is 15.0. The van der Waals surface area contributed by atoms with Gasteiger partial charge in [0.2, 0.25) is 0 Å². The number of carbonyl (C=O) groups is 1. The predicted octanol–water partition coefficient (Wildman–Crippen LogP) is 2.95. The molecule has 6 nitrogen and oxygen atoms in total. The summed E-state index contributed by atoms with van der Waals surface area (Å²) in [6.45, 7) is 10.2. The molecule has 0 aliphatic carbocycles. The van der Waals surface area contributed by atoms with Crippen LogP contribution in [0.4, 0.5) is 0 Å². The molecule has 0 bridgehead atoms. The van der Waals surface area contributed by atoms with Crippen molar-refractivity contribution in [1.82, 2.24) is 25.6 Å². The first-order valence-corrected chi connectivity index (χ1v) is 9.48. The summed E-state index contributed by atoms with van der Waals surface area (Å²) in [7, 11) is 0. The SMILES string of the molecule is Cc1ccccc1C(NC(=O)c1nnn(C2CCNCC2)c1C)C(C)C. The van der Waals surface area contributed by atoms with Crippen molar-refractivity contribution in [3.63, 3.8) is 0 Å². The highest BCUT2D eigenvalue weighted by molar-refractivity contribution is 5.93. The molecule has 0 saturated carbocycles. The van der Waals surface area contributed by atoms with Crippen LogP contribution in [0.5, 0.6) is 0 Å². The third-order valence-corrected chi connectivity index (χ3v) is 5.27. The lowest BCUT2D eigenvalue weighted by atomic mass is 9.92. The lowest BCUT2D eigenvalue weighted by molar-refractivity contribution is 0.0919. The number of rotatable bonds is 5. The maximum absolute atomic E-state index is 12.9. The first-order chi connectivity index (χ1) is 12.5. The first kappa shape index (κ1) is 18.6. The molecular weight excluding hydrogens is 326 g/mol. The molecule has 2 N–H and O–H groups in total. The first-order valence-electron chi connectivity index (χ1n) is 9.48. The van der Waals surface area contributed by atoms with Crippen molar-refractivity contribution in [2.75, 3.05) is 13.1 Å². The molecule has 1 aliphatic rings. The molecule has 1 fully saturated rings. The van der Waals surface area contributed by atoms with Crippen molar-refractivity contribution in [2.45, 2.75) is 52.6 Å². The fraction of sp³-hybridized carbons (Fsp3) is 0.550. The summed E-state index contributed by atoms with van der Waals surface area (Å²) >= 11 is 0. The van der Waals surface area contributed by atoms with Gasteiger partial charge in [0.05, 0.1) is 17.8 Å². The molecule has 1 aromatic carbocycles. The van der Waals surface area contributed by atoms with Crippen molar-refractivity contribution in [3.8, 4) is 0 Å². The van der Waals surface area contributed by atoms with Crippen LogP contribution in [-0.2, 0) is 0 Å². The molecule has 0 spiro atoms. The number of amides is 1. The number of piperidine rings is 1. The highest BCUT2D eigenvalue weighted by Gasteiger charge is 2.26. The Hall–Kier alpha value is -2.21. The van der Waals surface area contributed by atoms with E-state index in [9.17, 15) is 4.79 Å². The van der Waals surface area contributed by atoms with Gasteiger partial charge in [-0.25, -0.2) is 4.68 Å². The lowest BCUT2D eigenvalue weighted by Crippen LogP contribution is -2.33. The Balaban J connectivity index is 1.80. The summed E-state index contributed by atoms with van der Waals surface area (Å²) in [5.41, 5.74) is 3.62. The third kappa shape index (κ3) is 3.80. The highest BCUT2D eigenvalue weighted by Crippen LogP contribution is 2.26.